The number of benzene rings is 1. The molecule has 1 aliphatic heterocycles. The summed E-state index contributed by atoms with van der Waals surface area (Å²) in [6.45, 7) is 6.40. The van der Waals surface area contributed by atoms with Crippen molar-refractivity contribution in [2.24, 2.45) is 4.99 Å². The molecule has 1 saturated heterocycles. The summed E-state index contributed by atoms with van der Waals surface area (Å²) >= 11 is 0. The largest absolute Gasteiger partial charge is 0.378 e. The van der Waals surface area contributed by atoms with E-state index in [2.05, 4.69) is 51.5 Å². The molecule has 0 unspecified atom stereocenters. The Labute approximate surface area is 155 Å². The summed E-state index contributed by atoms with van der Waals surface area (Å²) < 4.78 is 7.67. The van der Waals surface area contributed by atoms with Gasteiger partial charge in [0.1, 0.15) is 0 Å². The fourth-order valence-electron chi connectivity index (χ4n) is 3.40. The van der Waals surface area contributed by atoms with Gasteiger partial charge >= 0.3 is 0 Å². The Morgan fingerprint density at radius 1 is 1.27 bits per heavy atom. The van der Waals surface area contributed by atoms with Gasteiger partial charge in [0.2, 0.25) is 0 Å². The summed E-state index contributed by atoms with van der Waals surface area (Å²) in [6, 6.07) is 10.6. The summed E-state index contributed by atoms with van der Waals surface area (Å²) in [6.07, 6.45) is 6.32. The van der Waals surface area contributed by atoms with Crippen molar-refractivity contribution < 1.29 is 4.74 Å². The van der Waals surface area contributed by atoms with Crippen LogP contribution in [0.25, 0.3) is 0 Å². The number of piperidine rings is 1. The van der Waals surface area contributed by atoms with E-state index in [0.29, 0.717) is 6.10 Å². The molecule has 3 rings (SSSR count). The van der Waals surface area contributed by atoms with E-state index in [1.807, 2.05) is 30.2 Å². The minimum Gasteiger partial charge on any atom is -0.378 e. The molecule has 2 aromatic rings. The number of aromatic nitrogens is 2. The highest BCUT2D eigenvalue weighted by atomic mass is 16.5. The summed E-state index contributed by atoms with van der Waals surface area (Å²) in [7, 11) is 1.85. The molecule has 0 spiro atoms. The lowest BCUT2D eigenvalue weighted by Crippen LogP contribution is -2.46. The van der Waals surface area contributed by atoms with Crippen LogP contribution in [0.1, 0.15) is 30.9 Å². The Kier molecular flexibility index (Phi) is 6.66. The zero-order chi connectivity index (χ0) is 18.2. The molecule has 0 atom stereocenters. The van der Waals surface area contributed by atoms with Crippen molar-refractivity contribution in [1.82, 2.24) is 20.0 Å². The standard InChI is InChI=1S/C20H29N5O/c1-3-26-19-8-12-24(13-9-19)20(21-2)22-15-17-6-4-7-18(14-17)16-25-11-5-10-23-25/h4-7,10-11,14,19H,3,8-9,12-13,15-16H2,1-2H3,(H,21,22). The van der Waals surface area contributed by atoms with Crippen LogP contribution in [0.5, 0.6) is 0 Å². The van der Waals surface area contributed by atoms with Crippen molar-refractivity contribution in [2.45, 2.75) is 39.0 Å². The number of guanidine groups is 1. The van der Waals surface area contributed by atoms with E-state index in [1.165, 1.54) is 11.1 Å². The molecule has 1 aromatic heterocycles. The van der Waals surface area contributed by atoms with Crippen LogP contribution in [0.4, 0.5) is 0 Å². The summed E-state index contributed by atoms with van der Waals surface area (Å²) in [5, 5.41) is 7.78. The van der Waals surface area contributed by atoms with Gasteiger partial charge in [-0.25, -0.2) is 0 Å². The zero-order valence-electron chi connectivity index (χ0n) is 15.8. The number of nitrogens with one attached hydrogen (secondary N) is 1. The van der Waals surface area contributed by atoms with E-state index in [0.717, 1.165) is 51.6 Å². The number of nitrogens with zero attached hydrogens (tertiary/aromatic N) is 4. The van der Waals surface area contributed by atoms with E-state index >= 15 is 0 Å². The molecule has 140 valence electrons. The average Bonchev–Trinajstić information content (AvgIpc) is 3.17. The van der Waals surface area contributed by atoms with Gasteiger partial charge in [0.15, 0.2) is 5.96 Å². The average molecular weight is 355 g/mol. The van der Waals surface area contributed by atoms with E-state index in [1.54, 1.807) is 0 Å². The Morgan fingerprint density at radius 3 is 2.77 bits per heavy atom. The molecule has 0 aliphatic carbocycles. The second kappa shape index (κ2) is 9.38. The third kappa shape index (κ3) is 5.08. The molecule has 0 amide bonds. The summed E-state index contributed by atoms with van der Waals surface area (Å²) in [5.74, 6) is 0.970. The molecule has 6 heteroatoms. The first-order chi connectivity index (χ1) is 12.8. The van der Waals surface area contributed by atoms with Gasteiger partial charge in [-0.2, -0.15) is 5.10 Å². The van der Waals surface area contributed by atoms with Crippen LogP contribution in [-0.4, -0.2) is 53.5 Å². The third-order valence-electron chi connectivity index (χ3n) is 4.70. The fourth-order valence-corrected chi connectivity index (χ4v) is 3.40. The van der Waals surface area contributed by atoms with E-state index < -0.39 is 0 Å². The first kappa shape index (κ1) is 18.5. The maximum atomic E-state index is 5.74. The van der Waals surface area contributed by atoms with Gasteiger partial charge in [-0.15, -0.1) is 0 Å². The highest BCUT2D eigenvalue weighted by Gasteiger charge is 2.21. The summed E-state index contributed by atoms with van der Waals surface area (Å²) in [5.41, 5.74) is 2.50. The van der Waals surface area contributed by atoms with Crippen LogP contribution in [0, 0.1) is 0 Å². The SMILES string of the molecule is CCOC1CCN(C(=NC)NCc2cccc(Cn3cccn3)c2)CC1. The lowest BCUT2D eigenvalue weighted by Gasteiger charge is -2.34. The molecule has 1 N–H and O–H groups in total. The van der Waals surface area contributed by atoms with Gasteiger partial charge in [0.25, 0.3) is 0 Å². The molecule has 6 nitrogen and oxygen atoms in total. The molecule has 0 radical (unpaired) electrons. The lowest BCUT2D eigenvalue weighted by atomic mass is 10.1. The van der Waals surface area contributed by atoms with Crippen molar-refractivity contribution >= 4 is 5.96 Å². The normalized spacial score (nSPS) is 16.1. The third-order valence-corrected chi connectivity index (χ3v) is 4.70. The molecular formula is C20H29N5O. The van der Waals surface area contributed by atoms with Crippen LogP contribution in [0.2, 0.25) is 0 Å². The maximum Gasteiger partial charge on any atom is 0.193 e. The van der Waals surface area contributed by atoms with Gasteiger partial charge in [0, 0.05) is 45.7 Å². The van der Waals surface area contributed by atoms with E-state index in [9.17, 15) is 0 Å². The second-order valence-electron chi connectivity index (χ2n) is 6.57. The monoisotopic (exact) mass is 355 g/mol. The van der Waals surface area contributed by atoms with Crippen molar-refractivity contribution in [3.63, 3.8) is 0 Å². The molecule has 0 bridgehead atoms. The molecule has 1 fully saturated rings. The highest BCUT2D eigenvalue weighted by Crippen LogP contribution is 2.14. The van der Waals surface area contributed by atoms with Crippen molar-refractivity contribution in [1.29, 1.82) is 0 Å². The minimum atomic E-state index is 0.397. The summed E-state index contributed by atoms with van der Waals surface area (Å²) in [4.78, 5) is 6.78. The van der Waals surface area contributed by atoms with Gasteiger partial charge in [0.05, 0.1) is 12.6 Å². The van der Waals surface area contributed by atoms with Crippen molar-refractivity contribution in [3.05, 3.63) is 53.9 Å². The maximum absolute atomic E-state index is 5.74. The molecular weight excluding hydrogens is 326 g/mol. The molecule has 26 heavy (non-hydrogen) atoms. The van der Waals surface area contributed by atoms with Gasteiger partial charge in [-0.1, -0.05) is 24.3 Å². The quantitative estimate of drug-likeness (QED) is 0.639. The number of aliphatic imine (C=N–C) groups is 1. The fraction of sp³-hybridized carbons (Fsp3) is 0.500. The highest BCUT2D eigenvalue weighted by molar-refractivity contribution is 5.79. The smallest absolute Gasteiger partial charge is 0.193 e. The Morgan fingerprint density at radius 2 is 2.08 bits per heavy atom. The van der Waals surface area contributed by atoms with Gasteiger partial charge in [-0.05, 0) is 37.0 Å². The van der Waals surface area contributed by atoms with Crippen LogP contribution in [0.15, 0.2) is 47.7 Å². The van der Waals surface area contributed by atoms with E-state index in [4.69, 9.17) is 4.74 Å². The second-order valence-corrected chi connectivity index (χ2v) is 6.57. The molecule has 1 aliphatic rings. The minimum absolute atomic E-state index is 0.397. The van der Waals surface area contributed by atoms with Crippen LogP contribution in [-0.2, 0) is 17.8 Å². The zero-order valence-corrected chi connectivity index (χ0v) is 15.8. The molecule has 2 heterocycles. The number of ether oxygens (including phenoxy) is 1. The molecule has 1 aromatic carbocycles. The lowest BCUT2D eigenvalue weighted by molar-refractivity contribution is 0.0263. The number of likely N-dealkylation sites (tertiary alicyclic amines) is 1. The number of rotatable bonds is 6. The van der Waals surface area contributed by atoms with Gasteiger partial charge < -0.3 is 15.0 Å². The predicted molar refractivity (Wildman–Crippen MR) is 104 cm³/mol. The Balaban J connectivity index is 1.52. The predicted octanol–water partition coefficient (Wildman–Crippen LogP) is 2.51. The van der Waals surface area contributed by atoms with Crippen molar-refractivity contribution in [2.75, 3.05) is 26.7 Å². The molecule has 0 saturated carbocycles. The van der Waals surface area contributed by atoms with Crippen LogP contribution < -0.4 is 5.32 Å². The van der Waals surface area contributed by atoms with Crippen molar-refractivity contribution in [3.8, 4) is 0 Å². The van der Waals surface area contributed by atoms with Crippen LogP contribution in [0.3, 0.4) is 0 Å². The first-order valence-corrected chi connectivity index (χ1v) is 9.41. The van der Waals surface area contributed by atoms with E-state index in [-0.39, 0.29) is 0 Å². The number of hydrogen-bond donors (Lipinski definition) is 1. The van der Waals surface area contributed by atoms with Gasteiger partial charge in [-0.3, -0.25) is 9.67 Å². The Bertz CT molecular complexity index is 690. The first-order valence-electron chi connectivity index (χ1n) is 9.41. The topological polar surface area (TPSA) is 54.7 Å². The van der Waals surface area contributed by atoms with Crippen LogP contribution >= 0.6 is 0 Å². The Hall–Kier alpha value is -2.34. The number of hydrogen-bond acceptors (Lipinski definition) is 3.